The highest BCUT2D eigenvalue weighted by molar-refractivity contribution is 7.60. The summed E-state index contributed by atoms with van der Waals surface area (Å²) in [6.45, 7) is 3.59. The third kappa shape index (κ3) is 4.67. The number of rotatable bonds is 5. The number of hydrogen-bond donors (Lipinski definition) is 1. The summed E-state index contributed by atoms with van der Waals surface area (Å²) in [7, 11) is -3.05. The molecule has 2 rings (SSSR count). The van der Waals surface area contributed by atoms with Gasteiger partial charge in [-0.05, 0) is 42.3 Å². The van der Waals surface area contributed by atoms with Crippen LogP contribution in [0.5, 0.6) is 5.75 Å². The molecule has 21 heavy (non-hydrogen) atoms. The lowest BCUT2D eigenvalue weighted by Crippen LogP contribution is -2.02. The number of hydrogen-bond acceptors (Lipinski definition) is 2. The molecule has 1 N–H and O–H groups in total. The Hall–Kier alpha value is -1.15. The molecular weight excluding hydrogens is 328 g/mol. The second-order valence-electron chi connectivity index (χ2n) is 4.68. The summed E-state index contributed by atoms with van der Waals surface area (Å²) in [6.07, 6.45) is 0.950. The van der Waals surface area contributed by atoms with Crippen LogP contribution in [0.2, 0.25) is 10.0 Å². The lowest BCUT2D eigenvalue weighted by atomic mass is 10.2. The lowest BCUT2D eigenvalue weighted by Gasteiger charge is -2.18. The van der Waals surface area contributed by atoms with E-state index in [-0.39, 0.29) is 0 Å². The Balaban J connectivity index is 2.10. The van der Waals surface area contributed by atoms with Crippen molar-refractivity contribution in [1.82, 2.24) is 0 Å². The van der Waals surface area contributed by atoms with Crippen molar-refractivity contribution in [2.45, 2.75) is 13.3 Å². The van der Waals surface area contributed by atoms with Crippen molar-refractivity contribution in [2.75, 3.05) is 11.8 Å². The second kappa shape index (κ2) is 6.74. The van der Waals surface area contributed by atoms with E-state index in [4.69, 9.17) is 27.7 Å². The van der Waals surface area contributed by atoms with E-state index in [9.17, 15) is 4.57 Å². The molecule has 0 aliphatic heterocycles. The van der Waals surface area contributed by atoms with Crippen molar-refractivity contribution in [3.05, 3.63) is 58.1 Å². The van der Waals surface area contributed by atoms with Crippen molar-refractivity contribution >= 4 is 36.4 Å². The highest BCUT2D eigenvalue weighted by Crippen LogP contribution is 2.44. The van der Waals surface area contributed by atoms with Crippen LogP contribution in [-0.2, 0) is 11.0 Å². The first-order valence-electron chi connectivity index (χ1n) is 6.49. The zero-order valence-corrected chi connectivity index (χ0v) is 14.2. The molecule has 0 radical (unpaired) electrons. The van der Waals surface area contributed by atoms with Gasteiger partial charge >= 0.3 is 7.52 Å². The van der Waals surface area contributed by atoms with Gasteiger partial charge in [0.2, 0.25) is 0 Å². The summed E-state index contributed by atoms with van der Waals surface area (Å²) in [5.41, 5.74) is 1.80. The van der Waals surface area contributed by atoms with E-state index in [1.807, 2.05) is 24.3 Å². The maximum absolute atomic E-state index is 12.5. The minimum absolute atomic E-state index is 0.397. The zero-order valence-electron chi connectivity index (χ0n) is 11.8. The highest BCUT2D eigenvalue weighted by atomic mass is 35.5. The molecule has 0 aromatic heterocycles. The molecule has 0 aliphatic carbocycles. The number of aryl methyl sites for hydroxylation is 1. The van der Waals surface area contributed by atoms with E-state index in [1.165, 1.54) is 12.2 Å². The third-order valence-electron chi connectivity index (χ3n) is 2.86. The van der Waals surface area contributed by atoms with Gasteiger partial charge in [0.15, 0.2) is 0 Å². The van der Waals surface area contributed by atoms with Gasteiger partial charge in [0, 0.05) is 12.4 Å². The molecular formula is C15H16Cl2NO2P. The van der Waals surface area contributed by atoms with E-state index in [0.717, 1.165) is 6.42 Å². The van der Waals surface area contributed by atoms with Gasteiger partial charge in [0.1, 0.15) is 5.75 Å². The van der Waals surface area contributed by atoms with Crippen LogP contribution in [0, 0.1) is 0 Å². The van der Waals surface area contributed by atoms with Gasteiger partial charge in [0.05, 0.1) is 10.0 Å². The first-order valence-corrected chi connectivity index (χ1v) is 9.32. The van der Waals surface area contributed by atoms with Crippen LogP contribution < -0.4 is 9.61 Å². The first kappa shape index (κ1) is 16.2. The van der Waals surface area contributed by atoms with Crippen LogP contribution in [0.3, 0.4) is 0 Å². The first-order chi connectivity index (χ1) is 9.89. The fourth-order valence-electron chi connectivity index (χ4n) is 1.81. The fourth-order valence-corrected chi connectivity index (χ4v) is 3.29. The summed E-state index contributed by atoms with van der Waals surface area (Å²) in [5.74, 6) is 0.561. The molecule has 0 saturated heterocycles. The van der Waals surface area contributed by atoms with Gasteiger partial charge in [-0.15, -0.1) is 0 Å². The Morgan fingerprint density at radius 3 is 2.33 bits per heavy atom. The van der Waals surface area contributed by atoms with Crippen molar-refractivity contribution < 1.29 is 9.09 Å². The van der Waals surface area contributed by atoms with Gasteiger partial charge in [-0.3, -0.25) is 4.57 Å². The molecule has 0 fully saturated rings. The van der Waals surface area contributed by atoms with Crippen LogP contribution in [0.25, 0.3) is 0 Å². The van der Waals surface area contributed by atoms with Gasteiger partial charge in [-0.1, -0.05) is 42.3 Å². The second-order valence-corrected chi connectivity index (χ2v) is 7.59. The largest absolute Gasteiger partial charge is 0.429 e. The smallest absolute Gasteiger partial charge is 0.338 e. The van der Waals surface area contributed by atoms with Gasteiger partial charge in [0.25, 0.3) is 0 Å². The third-order valence-corrected chi connectivity index (χ3v) is 4.83. The molecule has 3 nitrogen and oxygen atoms in total. The minimum Gasteiger partial charge on any atom is -0.429 e. The lowest BCUT2D eigenvalue weighted by molar-refractivity contribution is 0.493. The SMILES string of the molecule is CCc1ccc(O[P@@](C)(=O)Nc2ccc(Cl)c(Cl)c2)cc1. The van der Waals surface area contributed by atoms with Crippen LogP contribution in [0.1, 0.15) is 12.5 Å². The molecule has 112 valence electrons. The van der Waals surface area contributed by atoms with Crippen molar-refractivity contribution in [1.29, 1.82) is 0 Å². The summed E-state index contributed by atoms with van der Waals surface area (Å²) < 4.78 is 18.0. The Morgan fingerprint density at radius 2 is 1.76 bits per heavy atom. The molecule has 0 bridgehead atoms. The van der Waals surface area contributed by atoms with E-state index in [1.54, 1.807) is 18.2 Å². The monoisotopic (exact) mass is 343 g/mol. The molecule has 1 atom stereocenters. The van der Waals surface area contributed by atoms with Gasteiger partial charge < -0.3 is 9.61 Å². The number of nitrogens with one attached hydrogen (secondary N) is 1. The van der Waals surface area contributed by atoms with Gasteiger partial charge in [-0.25, -0.2) is 0 Å². The minimum atomic E-state index is -3.05. The molecule has 2 aromatic rings. The Bertz CT molecular complexity index is 674. The van der Waals surface area contributed by atoms with Crippen LogP contribution in [0.15, 0.2) is 42.5 Å². The van der Waals surface area contributed by atoms with E-state index in [0.29, 0.717) is 21.5 Å². The summed E-state index contributed by atoms with van der Waals surface area (Å²) >= 11 is 11.8. The molecule has 0 amide bonds. The number of benzene rings is 2. The zero-order chi connectivity index (χ0) is 15.5. The molecule has 0 saturated carbocycles. The molecule has 0 unspecified atom stereocenters. The normalized spacial score (nSPS) is 13.5. The van der Waals surface area contributed by atoms with Gasteiger partial charge in [-0.2, -0.15) is 0 Å². The van der Waals surface area contributed by atoms with Crippen molar-refractivity contribution in [2.24, 2.45) is 0 Å². The molecule has 6 heteroatoms. The topological polar surface area (TPSA) is 38.3 Å². The Morgan fingerprint density at radius 1 is 1.10 bits per heavy atom. The highest BCUT2D eigenvalue weighted by Gasteiger charge is 2.17. The standard InChI is InChI=1S/C15H16Cl2NO2P/c1-3-11-4-7-13(8-5-11)20-21(2,19)18-12-6-9-14(16)15(17)10-12/h4-10H,3H2,1-2H3,(H,18,19)/t21-/m1/s1. The Kier molecular flexibility index (Phi) is 5.21. The van der Waals surface area contributed by atoms with Crippen LogP contribution in [-0.4, -0.2) is 6.66 Å². The quantitative estimate of drug-likeness (QED) is 0.690. The molecule has 0 aliphatic rings. The molecule has 2 aromatic carbocycles. The average Bonchev–Trinajstić information content (AvgIpc) is 2.43. The van der Waals surface area contributed by atoms with E-state index < -0.39 is 7.52 Å². The summed E-state index contributed by atoms with van der Waals surface area (Å²) in [4.78, 5) is 0. The van der Waals surface area contributed by atoms with Crippen molar-refractivity contribution in [3.8, 4) is 5.75 Å². The van der Waals surface area contributed by atoms with Crippen LogP contribution >= 0.6 is 30.7 Å². The van der Waals surface area contributed by atoms with Crippen molar-refractivity contribution in [3.63, 3.8) is 0 Å². The maximum Gasteiger partial charge on any atom is 0.338 e. The predicted octanol–water partition coefficient (Wildman–Crippen LogP) is 5.87. The number of anilines is 1. The summed E-state index contributed by atoms with van der Waals surface area (Å²) in [5, 5.41) is 3.70. The molecule has 0 spiro atoms. The molecule has 0 heterocycles. The fraction of sp³-hybridized carbons (Fsp3) is 0.200. The number of halogens is 2. The van der Waals surface area contributed by atoms with E-state index in [2.05, 4.69) is 12.0 Å². The average molecular weight is 344 g/mol. The Labute approximate surface area is 134 Å². The van der Waals surface area contributed by atoms with Crippen LogP contribution in [0.4, 0.5) is 5.69 Å². The predicted molar refractivity (Wildman–Crippen MR) is 90.1 cm³/mol. The van der Waals surface area contributed by atoms with E-state index >= 15 is 0 Å². The summed E-state index contributed by atoms with van der Waals surface area (Å²) in [6, 6.07) is 12.5. The maximum atomic E-state index is 12.5.